The molecule has 1 aliphatic rings. The molecule has 0 radical (unpaired) electrons. The fourth-order valence-electron chi connectivity index (χ4n) is 1.85. The number of aryl methyl sites for hydroxylation is 1. The predicted molar refractivity (Wildman–Crippen MR) is 71.0 cm³/mol. The van der Waals surface area contributed by atoms with E-state index < -0.39 is 10.8 Å². The predicted octanol–water partition coefficient (Wildman–Crippen LogP) is 0.786. The number of nitrogens with zero attached hydrogens (tertiary/aromatic N) is 3. The Morgan fingerprint density at radius 3 is 2.82 bits per heavy atom. The van der Waals surface area contributed by atoms with Gasteiger partial charge in [0.05, 0.1) is 0 Å². The van der Waals surface area contributed by atoms with Crippen LogP contribution >= 0.6 is 0 Å². The summed E-state index contributed by atoms with van der Waals surface area (Å²) in [7, 11) is -0.651. The summed E-state index contributed by atoms with van der Waals surface area (Å²) in [5, 5.41) is 3.11. The SMILES string of the molecule is CCNc1ncc(C)c(N2CCS(=O)CC2)n1. The lowest BCUT2D eigenvalue weighted by Gasteiger charge is -2.28. The second-order valence-electron chi connectivity index (χ2n) is 4.07. The Kier molecular flexibility index (Phi) is 3.93. The first-order valence-electron chi connectivity index (χ1n) is 5.88. The average molecular weight is 254 g/mol. The van der Waals surface area contributed by atoms with E-state index in [0.717, 1.165) is 42.5 Å². The van der Waals surface area contributed by atoms with Crippen LogP contribution in [0.25, 0.3) is 0 Å². The molecule has 17 heavy (non-hydrogen) atoms. The lowest BCUT2D eigenvalue weighted by Crippen LogP contribution is -2.38. The quantitative estimate of drug-likeness (QED) is 0.864. The lowest BCUT2D eigenvalue weighted by molar-refractivity contribution is 0.672. The molecule has 1 aromatic heterocycles. The van der Waals surface area contributed by atoms with Gasteiger partial charge in [-0.05, 0) is 13.8 Å². The van der Waals surface area contributed by atoms with Crippen LogP contribution in [0.1, 0.15) is 12.5 Å². The van der Waals surface area contributed by atoms with Gasteiger partial charge in [0.2, 0.25) is 5.95 Å². The van der Waals surface area contributed by atoms with Gasteiger partial charge >= 0.3 is 0 Å². The second-order valence-corrected chi connectivity index (χ2v) is 5.76. The minimum atomic E-state index is -0.651. The maximum Gasteiger partial charge on any atom is 0.224 e. The van der Waals surface area contributed by atoms with Crippen molar-refractivity contribution in [2.75, 3.05) is 41.4 Å². The van der Waals surface area contributed by atoms with Gasteiger partial charge in [0, 0.05) is 53.7 Å². The van der Waals surface area contributed by atoms with Crippen LogP contribution in [0.4, 0.5) is 11.8 Å². The molecule has 94 valence electrons. The van der Waals surface area contributed by atoms with Gasteiger partial charge in [0.25, 0.3) is 0 Å². The third-order valence-electron chi connectivity index (χ3n) is 2.76. The number of hydrogen-bond acceptors (Lipinski definition) is 5. The zero-order valence-corrected chi connectivity index (χ0v) is 11.1. The maximum absolute atomic E-state index is 11.3. The van der Waals surface area contributed by atoms with Crippen LogP contribution < -0.4 is 10.2 Å². The third kappa shape index (κ3) is 2.94. The minimum Gasteiger partial charge on any atom is -0.354 e. The van der Waals surface area contributed by atoms with Crippen molar-refractivity contribution in [1.29, 1.82) is 0 Å². The van der Waals surface area contributed by atoms with Crippen molar-refractivity contribution < 1.29 is 4.21 Å². The van der Waals surface area contributed by atoms with Gasteiger partial charge in [0.15, 0.2) is 0 Å². The topological polar surface area (TPSA) is 58.1 Å². The Balaban J connectivity index is 2.18. The summed E-state index contributed by atoms with van der Waals surface area (Å²) in [6, 6.07) is 0. The standard InChI is InChI=1S/C11H18N4OS/c1-3-12-11-13-8-9(2)10(14-11)15-4-6-17(16)7-5-15/h8H,3-7H2,1-2H3,(H,12,13,14). The van der Waals surface area contributed by atoms with E-state index in [4.69, 9.17) is 0 Å². The minimum absolute atomic E-state index is 0.651. The molecule has 0 saturated carbocycles. The molecule has 0 aliphatic carbocycles. The van der Waals surface area contributed by atoms with Crippen molar-refractivity contribution >= 4 is 22.6 Å². The molecule has 1 aliphatic heterocycles. The molecular formula is C11H18N4OS. The first kappa shape index (κ1) is 12.3. The molecule has 6 heteroatoms. The molecule has 2 rings (SSSR count). The van der Waals surface area contributed by atoms with Crippen molar-refractivity contribution in [2.45, 2.75) is 13.8 Å². The van der Waals surface area contributed by atoms with E-state index in [2.05, 4.69) is 20.2 Å². The number of aromatic nitrogens is 2. The van der Waals surface area contributed by atoms with Crippen LogP contribution in [0.5, 0.6) is 0 Å². The highest BCUT2D eigenvalue weighted by molar-refractivity contribution is 7.85. The van der Waals surface area contributed by atoms with Crippen LogP contribution in [0, 0.1) is 6.92 Å². The molecule has 0 spiro atoms. The van der Waals surface area contributed by atoms with Gasteiger partial charge in [-0.1, -0.05) is 0 Å². The highest BCUT2D eigenvalue weighted by Gasteiger charge is 2.18. The van der Waals surface area contributed by atoms with Crippen molar-refractivity contribution in [3.8, 4) is 0 Å². The van der Waals surface area contributed by atoms with E-state index in [1.165, 1.54) is 0 Å². The molecule has 1 aromatic rings. The van der Waals surface area contributed by atoms with Crippen molar-refractivity contribution in [1.82, 2.24) is 9.97 Å². The van der Waals surface area contributed by atoms with E-state index in [1.807, 2.05) is 20.0 Å². The highest BCUT2D eigenvalue weighted by Crippen LogP contribution is 2.19. The summed E-state index contributed by atoms with van der Waals surface area (Å²) in [4.78, 5) is 10.9. The van der Waals surface area contributed by atoms with E-state index in [1.54, 1.807) is 0 Å². The van der Waals surface area contributed by atoms with Crippen LogP contribution in [0.15, 0.2) is 6.20 Å². The van der Waals surface area contributed by atoms with Gasteiger partial charge in [0.1, 0.15) is 5.82 Å². The first-order chi connectivity index (χ1) is 8.20. The largest absolute Gasteiger partial charge is 0.354 e. The summed E-state index contributed by atoms with van der Waals surface area (Å²) in [6.07, 6.45) is 1.84. The Bertz CT molecular complexity index is 414. The highest BCUT2D eigenvalue weighted by atomic mass is 32.2. The van der Waals surface area contributed by atoms with Gasteiger partial charge in [-0.2, -0.15) is 4.98 Å². The summed E-state index contributed by atoms with van der Waals surface area (Å²) < 4.78 is 11.3. The van der Waals surface area contributed by atoms with E-state index in [-0.39, 0.29) is 0 Å². The summed E-state index contributed by atoms with van der Waals surface area (Å²) >= 11 is 0. The number of hydrogen-bond donors (Lipinski definition) is 1. The molecule has 0 aromatic carbocycles. The number of rotatable bonds is 3. The van der Waals surface area contributed by atoms with Gasteiger partial charge < -0.3 is 10.2 Å². The van der Waals surface area contributed by atoms with Crippen LogP contribution in [-0.2, 0) is 10.8 Å². The van der Waals surface area contributed by atoms with Crippen LogP contribution in [-0.4, -0.2) is 45.3 Å². The summed E-state index contributed by atoms with van der Waals surface area (Å²) in [5.74, 6) is 3.10. The second kappa shape index (κ2) is 5.44. The number of anilines is 2. The van der Waals surface area contributed by atoms with E-state index >= 15 is 0 Å². The molecule has 5 nitrogen and oxygen atoms in total. The maximum atomic E-state index is 11.3. The molecule has 1 saturated heterocycles. The molecule has 1 N–H and O–H groups in total. The van der Waals surface area contributed by atoms with Gasteiger partial charge in [-0.15, -0.1) is 0 Å². The van der Waals surface area contributed by atoms with Gasteiger partial charge in [-0.3, -0.25) is 4.21 Å². The Morgan fingerprint density at radius 1 is 1.47 bits per heavy atom. The fraction of sp³-hybridized carbons (Fsp3) is 0.636. The van der Waals surface area contributed by atoms with E-state index in [9.17, 15) is 4.21 Å². The Hall–Kier alpha value is -1.17. The normalized spacial score (nSPS) is 17.2. The molecule has 0 unspecified atom stereocenters. The van der Waals surface area contributed by atoms with Crippen LogP contribution in [0.3, 0.4) is 0 Å². The fourth-order valence-corrected chi connectivity index (χ4v) is 2.90. The zero-order valence-electron chi connectivity index (χ0n) is 10.3. The molecule has 0 amide bonds. The van der Waals surface area contributed by atoms with Crippen LogP contribution in [0.2, 0.25) is 0 Å². The zero-order chi connectivity index (χ0) is 12.3. The third-order valence-corrected chi connectivity index (χ3v) is 4.03. The molecular weight excluding hydrogens is 236 g/mol. The van der Waals surface area contributed by atoms with Crippen molar-refractivity contribution in [3.63, 3.8) is 0 Å². The Labute approximate surface area is 104 Å². The lowest BCUT2D eigenvalue weighted by atomic mass is 10.3. The van der Waals surface area contributed by atoms with Crippen molar-refractivity contribution in [2.24, 2.45) is 0 Å². The molecule has 0 bridgehead atoms. The average Bonchev–Trinajstić information content (AvgIpc) is 2.33. The van der Waals surface area contributed by atoms with Gasteiger partial charge in [-0.25, -0.2) is 4.98 Å². The van der Waals surface area contributed by atoms with Crippen molar-refractivity contribution in [3.05, 3.63) is 11.8 Å². The van der Waals surface area contributed by atoms with E-state index in [0.29, 0.717) is 5.95 Å². The molecule has 0 atom stereocenters. The smallest absolute Gasteiger partial charge is 0.224 e. The monoisotopic (exact) mass is 254 g/mol. The molecule has 2 heterocycles. The molecule has 1 fully saturated rings. The Morgan fingerprint density at radius 2 is 2.18 bits per heavy atom. The summed E-state index contributed by atoms with van der Waals surface area (Å²) in [6.45, 7) is 6.47. The summed E-state index contributed by atoms with van der Waals surface area (Å²) in [5.41, 5.74) is 1.07. The number of nitrogens with one attached hydrogen (secondary N) is 1. The first-order valence-corrected chi connectivity index (χ1v) is 7.37.